The van der Waals surface area contributed by atoms with E-state index in [-0.39, 0.29) is 25.0 Å². The van der Waals surface area contributed by atoms with Crippen molar-refractivity contribution in [3.63, 3.8) is 0 Å². The Morgan fingerprint density at radius 3 is 2.73 bits per heavy atom. The zero-order chi connectivity index (χ0) is 15.5. The average Bonchev–Trinajstić information content (AvgIpc) is 2.53. The molecule has 1 heterocycles. The van der Waals surface area contributed by atoms with Gasteiger partial charge in [0.2, 0.25) is 5.91 Å². The Balaban J connectivity index is 1.75. The summed E-state index contributed by atoms with van der Waals surface area (Å²) in [4.78, 5) is 25.5. The van der Waals surface area contributed by atoms with Crippen LogP contribution in [0.25, 0.3) is 0 Å². The van der Waals surface area contributed by atoms with E-state index in [1.165, 1.54) is 4.90 Å². The first-order chi connectivity index (χ1) is 10.6. The van der Waals surface area contributed by atoms with Crippen LogP contribution in [0.5, 0.6) is 5.75 Å². The summed E-state index contributed by atoms with van der Waals surface area (Å²) in [5, 5.41) is 2.75. The lowest BCUT2D eigenvalue weighted by Crippen LogP contribution is -2.44. The van der Waals surface area contributed by atoms with Gasteiger partial charge in [-0.2, -0.15) is 0 Å². The van der Waals surface area contributed by atoms with E-state index in [1.807, 2.05) is 30.3 Å². The monoisotopic (exact) mass is 360 g/mol. The van der Waals surface area contributed by atoms with Crippen LogP contribution < -0.4 is 15.0 Å². The van der Waals surface area contributed by atoms with Gasteiger partial charge in [-0.3, -0.25) is 14.5 Å². The number of amides is 2. The fourth-order valence-corrected chi connectivity index (χ4v) is 2.63. The Morgan fingerprint density at radius 2 is 1.91 bits per heavy atom. The van der Waals surface area contributed by atoms with Crippen molar-refractivity contribution < 1.29 is 14.3 Å². The lowest BCUT2D eigenvalue weighted by Gasteiger charge is -2.29. The second-order valence-electron chi connectivity index (χ2n) is 4.76. The molecule has 0 bridgehead atoms. The van der Waals surface area contributed by atoms with E-state index in [0.29, 0.717) is 17.1 Å². The van der Waals surface area contributed by atoms with Gasteiger partial charge in [0.25, 0.3) is 5.91 Å². The number of para-hydroxylation sites is 3. The predicted molar refractivity (Wildman–Crippen MR) is 87.1 cm³/mol. The molecule has 1 aliphatic heterocycles. The number of carbonyl (C=O) groups is 2. The number of benzene rings is 2. The van der Waals surface area contributed by atoms with Crippen LogP contribution >= 0.6 is 15.9 Å². The SMILES string of the molecule is O=C1CN(C(=O)COc2ccccc2Br)c2ccccc2N1. The van der Waals surface area contributed by atoms with Crippen LogP contribution in [0.2, 0.25) is 0 Å². The molecule has 0 saturated heterocycles. The zero-order valence-electron chi connectivity index (χ0n) is 11.6. The molecule has 0 aromatic heterocycles. The van der Waals surface area contributed by atoms with E-state index in [1.54, 1.807) is 18.2 Å². The highest BCUT2D eigenvalue weighted by atomic mass is 79.9. The molecule has 0 radical (unpaired) electrons. The molecule has 6 heteroatoms. The minimum atomic E-state index is -0.266. The van der Waals surface area contributed by atoms with Gasteiger partial charge >= 0.3 is 0 Å². The van der Waals surface area contributed by atoms with Crippen LogP contribution in [0.3, 0.4) is 0 Å². The normalized spacial score (nSPS) is 13.3. The highest BCUT2D eigenvalue weighted by molar-refractivity contribution is 9.10. The largest absolute Gasteiger partial charge is 0.483 e. The van der Waals surface area contributed by atoms with Gasteiger partial charge < -0.3 is 10.1 Å². The molecule has 112 valence electrons. The van der Waals surface area contributed by atoms with Crippen LogP contribution in [0.1, 0.15) is 0 Å². The number of rotatable bonds is 3. The summed E-state index contributed by atoms with van der Waals surface area (Å²) in [6.45, 7) is -0.139. The molecule has 3 rings (SSSR count). The fourth-order valence-electron chi connectivity index (χ4n) is 2.23. The van der Waals surface area contributed by atoms with Crippen molar-refractivity contribution in [2.45, 2.75) is 0 Å². The Labute approximate surface area is 136 Å². The van der Waals surface area contributed by atoms with Crippen LogP contribution in [0, 0.1) is 0 Å². The number of hydrogen-bond acceptors (Lipinski definition) is 3. The fraction of sp³-hybridized carbons (Fsp3) is 0.125. The first kappa shape index (κ1) is 14.6. The van der Waals surface area contributed by atoms with Crippen molar-refractivity contribution in [1.29, 1.82) is 0 Å². The number of fused-ring (bicyclic) bond motifs is 1. The summed E-state index contributed by atoms with van der Waals surface area (Å²) in [6, 6.07) is 14.5. The zero-order valence-corrected chi connectivity index (χ0v) is 13.2. The van der Waals surface area contributed by atoms with Crippen molar-refractivity contribution in [1.82, 2.24) is 0 Å². The number of anilines is 2. The Bertz CT molecular complexity index is 733. The Morgan fingerprint density at radius 1 is 1.18 bits per heavy atom. The minimum Gasteiger partial charge on any atom is -0.483 e. The molecule has 0 atom stereocenters. The number of carbonyl (C=O) groups excluding carboxylic acids is 2. The summed E-state index contributed by atoms with van der Waals surface area (Å²) in [5.74, 6) is 0.108. The third-order valence-electron chi connectivity index (χ3n) is 3.26. The van der Waals surface area contributed by atoms with Gasteiger partial charge in [0, 0.05) is 0 Å². The van der Waals surface area contributed by atoms with Gasteiger partial charge in [-0.05, 0) is 40.2 Å². The average molecular weight is 361 g/mol. The van der Waals surface area contributed by atoms with Crippen LogP contribution in [-0.4, -0.2) is 25.0 Å². The van der Waals surface area contributed by atoms with Crippen molar-refractivity contribution in [3.05, 3.63) is 53.0 Å². The third-order valence-corrected chi connectivity index (χ3v) is 3.91. The summed E-state index contributed by atoms with van der Waals surface area (Å²) in [5.41, 5.74) is 1.32. The quantitative estimate of drug-likeness (QED) is 0.915. The molecule has 0 fully saturated rings. The number of nitrogens with zero attached hydrogens (tertiary/aromatic N) is 1. The number of nitrogens with one attached hydrogen (secondary N) is 1. The first-order valence-electron chi connectivity index (χ1n) is 6.72. The molecule has 2 aromatic rings. The van der Waals surface area contributed by atoms with E-state index in [4.69, 9.17) is 4.74 Å². The van der Waals surface area contributed by atoms with Crippen molar-refractivity contribution in [2.24, 2.45) is 0 Å². The van der Waals surface area contributed by atoms with Gasteiger partial charge in [-0.15, -0.1) is 0 Å². The number of ether oxygens (including phenoxy) is 1. The second kappa shape index (κ2) is 6.19. The maximum absolute atomic E-state index is 12.4. The number of hydrogen-bond donors (Lipinski definition) is 1. The molecular formula is C16H13BrN2O3. The second-order valence-corrected chi connectivity index (χ2v) is 5.62. The van der Waals surface area contributed by atoms with Gasteiger partial charge in [0.05, 0.1) is 15.8 Å². The lowest BCUT2D eigenvalue weighted by atomic mass is 10.2. The van der Waals surface area contributed by atoms with E-state index in [2.05, 4.69) is 21.2 Å². The van der Waals surface area contributed by atoms with E-state index in [0.717, 1.165) is 4.47 Å². The van der Waals surface area contributed by atoms with E-state index in [9.17, 15) is 9.59 Å². The Kier molecular flexibility index (Phi) is 4.11. The highest BCUT2D eigenvalue weighted by Gasteiger charge is 2.26. The minimum absolute atomic E-state index is 0.00480. The molecule has 0 spiro atoms. The molecule has 5 nitrogen and oxygen atoms in total. The maximum Gasteiger partial charge on any atom is 0.265 e. The van der Waals surface area contributed by atoms with Crippen LogP contribution in [0.15, 0.2) is 53.0 Å². The molecule has 0 saturated carbocycles. The molecule has 2 aromatic carbocycles. The molecule has 1 N–H and O–H groups in total. The summed E-state index contributed by atoms with van der Waals surface area (Å²) in [6.07, 6.45) is 0. The lowest BCUT2D eigenvalue weighted by molar-refractivity contribution is -0.123. The van der Waals surface area contributed by atoms with E-state index < -0.39 is 0 Å². The maximum atomic E-state index is 12.4. The van der Waals surface area contributed by atoms with Gasteiger partial charge in [0.15, 0.2) is 6.61 Å². The Hall–Kier alpha value is -2.34. The molecule has 0 aliphatic carbocycles. The molecule has 2 amide bonds. The molecular weight excluding hydrogens is 348 g/mol. The van der Waals surface area contributed by atoms with Crippen LogP contribution in [-0.2, 0) is 9.59 Å². The van der Waals surface area contributed by atoms with Gasteiger partial charge in [-0.25, -0.2) is 0 Å². The van der Waals surface area contributed by atoms with Crippen molar-refractivity contribution in [3.8, 4) is 5.75 Å². The topological polar surface area (TPSA) is 58.6 Å². The molecule has 0 unspecified atom stereocenters. The van der Waals surface area contributed by atoms with Gasteiger partial charge in [0.1, 0.15) is 12.3 Å². The predicted octanol–water partition coefficient (Wildman–Crippen LogP) is 2.81. The standard InChI is InChI=1S/C16H13BrN2O3/c17-11-5-1-4-8-14(11)22-10-16(21)19-9-15(20)18-12-6-2-3-7-13(12)19/h1-8H,9-10H2,(H,18,20). The summed E-state index contributed by atoms with van der Waals surface area (Å²) >= 11 is 3.36. The van der Waals surface area contributed by atoms with Crippen molar-refractivity contribution >= 4 is 39.1 Å². The highest BCUT2D eigenvalue weighted by Crippen LogP contribution is 2.29. The van der Waals surface area contributed by atoms with E-state index >= 15 is 0 Å². The number of halogens is 1. The summed E-state index contributed by atoms with van der Waals surface area (Å²) in [7, 11) is 0. The third kappa shape index (κ3) is 2.96. The van der Waals surface area contributed by atoms with Gasteiger partial charge in [-0.1, -0.05) is 24.3 Å². The van der Waals surface area contributed by atoms with Crippen molar-refractivity contribution in [2.75, 3.05) is 23.4 Å². The first-order valence-corrected chi connectivity index (χ1v) is 7.51. The summed E-state index contributed by atoms with van der Waals surface area (Å²) < 4.78 is 6.31. The van der Waals surface area contributed by atoms with Crippen LogP contribution in [0.4, 0.5) is 11.4 Å². The molecule has 22 heavy (non-hydrogen) atoms. The molecule has 1 aliphatic rings. The smallest absolute Gasteiger partial charge is 0.265 e.